The molecule has 1 aromatic carbocycles. The monoisotopic (exact) mass is 339 g/mol. The van der Waals surface area contributed by atoms with Crippen LogP contribution in [-0.4, -0.2) is 26.2 Å². The highest BCUT2D eigenvalue weighted by Gasteiger charge is 2.09. The average molecular weight is 340 g/mol. The molecule has 1 amide bonds. The Labute approximate surface area is 139 Å². The maximum atomic E-state index is 11.9. The minimum absolute atomic E-state index is 0.0955. The molecule has 0 bridgehead atoms. The Balaban J connectivity index is 1.92. The predicted octanol–water partition coefficient (Wildman–Crippen LogP) is 3.67. The number of benzene rings is 1. The molecule has 0 aliphatic rings. The van der Waals surface area contributed by atoms with Crippen molar-refractivity contribution in [2.45, 2.75) is 13.5 Å². The first-order valence-electron chi connectivity index (χ1n) is 6.83. The molecule has 0 aliphatic carbocycles. The van der Waals surface area contributed by atoms with Crippen molar-refractivity contribution in [2.24, 2.45) is 0 Å². The number of ether oxygens (including phenoxy) is 2. The molecule has 4 nitrogen and oxygen atoms in total. The van der Waals surface area contributed by atoms with E-state index in [1.54, 1.807) is 7.11 Å². The lowest BCUT2D eigenvalue weighted by atomic mass is 10.2. The average Bonchev–Trinajstić information content (AvgIpc) is 2.97. The highest BCUT2D eigenvalue weighted by molar-refractivity contribution is 7.12. The van der Waals surface area contributed by atoms with Gasteiger partial charge in [-0.05, 0) is 36.1 Å². The maximum Gasteiger partial charge on any atom is 0.261 e. The molecule has 2 aromatic rings. The van der Waals surface area contributed by atoms with Crippen molar-refractivity contribution in [1.82, 2.24) is 5.32 Å². The third-order valence-corrected chi connectivity index (χ3v) is 4.24. The molecule has 0 fully saturated rings. The Morgan fingerprint density at radius 2 is 2.18 bits per heavy atom. The number of rotatable bonds is 7. The quantitative estimate of drug-likeness (QED) is 0.783. The van der Waals surface area contributed by atoms with Gasteiger partial charge >= 0.3 is 0 Å². The number of amides is 1. The minimum atomic E-state index is -0.0955. The van der Waals surface area contributed by atoms with Gasteiger partial charge < -0.3 is 14.8 Å². The van der Waals surface area contributed by atoms with Crippen LogP contribution in [0.25, 0.3) is 0 Å². The van der Waals surface area contributed by atoms with Crippen LogP contribution in [0.2, 0.25) is 5.02 Å². The normalized spacial score (nSPS) is 10.5. The lowest BCUT2D eigenvalue weighted by molar-refractivity contribution is 0.0941. The third-order valence-electron chi connectivity index (χ3n) is 2.95. The van der Waals surface area contributed by atoms with Crippen LogP contribution < -0.4 is 10.1 Å². The van der Waals surface area contributed by atoms with Crippen molar-refractivity contribution in [3.8, 4) is 5.75 Å². The van der Waals surface area contributed by atoms with Crippen LogP contribution in [0.1, 0.15) is 20.8 Å². The predicted molar refractivity (Wildman–Crippen MR) is 89.0 cm³/mol. The van der Waals surface area contributed by atoms with Crippen molar-refractivity contribution in [1.29, 1.82) is 0 Å². The number of halogens is 1. The molecular weight excluding hydrogens is 322 g/mol. The van der Waals surface area contributed by atoms with E-state index in [1.807, 2.05) is 36.6 Å². The highest BCUT2D eigenvalue weighted by atomic mass is 35.5. The smallest absolute Gasteiger partial charge is 0.261 e. The van der Waals surface area contributed by atoms with Crippen molar-refractivity contribution in [3.05, 3.63) is 50.7 Å². The summed E-state index contributed by atoms with van der Waals surface area (Å²) >= 11 is 7.48. The molecule has 118 valence electrons. The molecule has 0 spiro atoms. The number of thiophene rings is 1. The lowest BCUT2D eigenvalue weighted by Gasteiger charge is -2.07. The molecule has 0 saturated heterocycles. The largest absolute Gasteiger partial charge is 0.487 e. The first-order valence-corrected chi connectivity index (χ1v) is 8.09. The summed E-state index contributed by atoms with van der Waals surface area (Å²) in [6.45, 7) is 3.36. The summed E-state index contributed by atoms with van der Waals surface area (Å²) in [5.74, 6) is 0.556. The van der Waals surface area contributed by atoms with Gasteiger partial charge in [0.05, 0.1) is 16.5 Å². The number of carbonyl (C=O) groups excluding carboxylic acids is 1. The second-order valence-corrected chi connectivity index (χ2v) is 6.11. The number of methoxy groups -OCH3 is 1. The SMILES string of the molecule is COCCNC(=O)c1cc(COc2cc(C)ccc2Cl)cs1. The maximum absolute atomic E-state index is 11.9. The van der Waals surface area contributed by atoms with E-state index in [0.29, 0.717) is 35.4 Å². The van der Waals surface area contributed by atoms with Crippen LogP contribution >= 0.6 is 22.9 Å². The van der Waals surface area contributed by atoms with Crippen LogP contribution in [0.15, 0.2) is 29.6 Å². The molecule has 0 aliphatic heterocycles. The second-order valence-electron chi connectivity index (χ2n) is 4.79. The van der Waals surface area contributed by atoms with E-state index in [4.69, 9.17) is 21.1 Å². The molecule has 0 unspecified atom stereocenters. The Morgan fingerprint density at radius 1 is 1.36 bits per heavy atom. The van der Waals surface area contributed by atoms with Gasteiger partial charge in [-0.1, -0.05) is 17.7 Å². The molecule has 0 radical (unpaired) electrons. The molecule has 0 saturated carbocycles. The zero-order valence-electron chi connectivity index (χ0n) is 12.5. The van der Waals surface area contributed by atoms with Gasteiger partial charge in [0.2, 0.25) is 0 Å². The van der Waals surface area contributed by atoms with Crippen LogP contribution in [-0.2, 0) is 11.3 Å². The lowest BCUT2D eigenvalue weighted by Crippen LogP contribution is -2.26. The van der Waals surface area contributed by atoms with Crippen molar-refractivity contribution in [2.75, 3.05) is 20.3 Å². The van der Waals surface area contributed by atoms with Crippen LogP contribution in [0.4, 0.5) is 0 Å². The Kier molecular flexibility index (Phi) is 6.24. The fourth-order valence-electron chi connectivity index (χ4n) is 1.81. The Morgan fingerprint density at radius 3 is 2.95 bits per heavy atom. The first-order chi connectivity index (χ1) is 10.6. The molecule has 0 atom stereocenters. The van der Waals surface area contributed by atoms with E-state index in [9.17, 15) is 4.79 Å². The summed E-state index contributed by atoms with van der Waals surface area (Å²) < 4.78 is 10.6. The molecule has 1 heterocycles. The Hall–Kier alpha value is -1.56. The van der Waals surface area contributed by atoms with Gasteiger partial charge in [-0.3, -0.25) is 4.79 Å². The van der Waals surface area contributed by atoms with Gasteiger partial charge in [0.1, 0.15) is 12.4 Å². The Bertz CT molecular complexity index is 642. The van der Waals surface area contributed by atoms with E-state index in [-0.39, 0.29) is 5.91 Å². The number of aryl methyl sites for hydroxylation is 1. The fourth-order valence-corrected chi connectivity index (χ4v) is 2.79. The number of hydrogen-bond acceptors (Lipinski definition) is 4. The minimum Gasteiger partial charge on any atom is -0.487 e. The van der Waals surface area contributed by atoms with Gasteiger partial charge in [0.15, 0.2) is 0 Å². The van der Waals surface area contributed by atoms with Crippen LogP contribution in [0.5, 0.6) is 5.75 Å². The summed E-state index contributed by atoms with van der Waals surface area (Å²) in [4.78, 5) is 12.5. The molecule has 1 aromatic heterocycles. The summed E-state index contributed by atoms with van der Waals surface area (Å²) in [5, 5.41) is 5.28. The zero-order chi connectivity index (χ0) is 15.9. The van der Waals surface area contributed by atoms with Crippen LogP contribution in [0.3, 0.4) is 0 Å². The standard InChI is InChI=1S/C16H18ClNO3S/c1-11-3-4-13(17)14(7-11)21-9-12-8-15(22-10-12)16(19)18-5-6-20-2/h3-4,7-8,10H,5-6,9H2,1-2H3,(H,18,19). The zero-order valence-corrected chi connectivity index (χ0v) is 14.1. The summed E-state index contributed by atoms with van der Waals surface area (Å²) in [5.41, 5.74) is 2.03. The fraction of sp³-hybridized carbons (Fsp3) is 0.312. The van der Waals surface area contributed by atoms with E-state index in [0.717, 1.165) is 11.1 Å². The van der Waals surface area contributed by atoms with Gasteiger partial charge in [0, 0.05) is 19.2 Å². The molecule has 6 heteroatoms. The van der Waals surface area contributed by atoms with E-state index in [2.05, 4.69) is 5.32 Å². The molecule has 1 N–H and O–H groups in total. The van der Waals surface area contributed by atoms with Gasteiger partial charge in [-0.15, -0.1) is 11.3 Å². The van der Waals surface area contributed by atoms with E-state index >= 15 is 0 Å². The van der Waals surface area contributed by atoms with Crippen molar-refractivity contribution >= 4 is 28.8 Å². The topological polar surface area (TPSA) is 47.6 Å². The van der Waals surface area contributed by atoms with Gasteiger partial charge in [-0.25, -0.2) is 0 Å². The third kappa shape index (κ3) is 4.73. The van der Waals surface area contributed by atoms with Crippen molar-refractivity contribution in [3.63, 3.8) is 0 Å². The van der Waals surface area contributed by atoms with E-state index < -0.39 is 0 Å². The first kappa shape index (κ1) is 16.8. The number of hydrogen-bond donors (Lipinski definition) is 1. The summed E-state index contributed by atoms with van der Waals surface area (Å²) in [7, 11) is 1.60. The summed E-state index contributed by atoms with van der Waals surface area (Å²) in [6.07, 6.45) is 0. The molecule has 22 heavy (non-hydrogen) atoms. The second kappa shape index (κ2) is 8.17. The summed E-state index contributed by atoms with van der Waals surface area (Å²) in [6, 6.07) is 7.47. The van der Waals surface area contributed by atoms with Gasteiger partial charge in [-0.2, -0.15) is 0 Å². The highest BCUT2D eigenvalue weighted by Crippen LogP contribution is 2.26. The van der Waals surface area contributed by atoms with Gasteiger partial charge in [0.25, 0.3) is 5.91 Å². The number of nitrogens with one attached hydrogen (secondary N) is 1. The molecule has 2 rings (SSSR count). The van der Waals surface area contributed by atoms with E-state index in [1.165, 1.54) is 11.3 Å². The van der Waals surface area contributed by atoms with Crippen molar-refractivity contribution < 1.29 is 14.3 Å². The number of carbonyl (C=O) groups is 1. The van der Waals surface area contributed by atoms with Crippen LogP contribution in [0, 0.1) is 6.92 Å². The molecular formula is C16H18ClNO3S.